The van der Waals surface area contributed by atoms with E-state index in [0.29, 0.717) is 6.04 Å². The highest BCUT2D eigenvalue weighted by Gasteiger charge is 2.26. The highest BCUT2D eigenvalue weighted by atomic mass is 16.3. The molecule has 1 fully saturated rings. The van der Waals surface area contributed by atoms with Crippen molar-refractivity contribution < 1.29 is 5.11 Å². The summed E-state index contributed by atoms with van der Waals surface area (Å²) < 4.78 is 2.22. The van der Waals surface area contributed by atoms with Gasteiger partial charge >= 0.3 is 0 Å². The summed E-state index contributed by atoms with van der Waals surface area (Å²) in [5, 5.41) is 9.62. The molecule has 0 unspecified atom stereocenters. The van der Waals surface area contributed by atoms with Gasteiger partial charge in [-0.2, -0.15) is 0 Å². The first-order chi connectivity index (χ1) is 14.8. The van der Waals surface area contributed by atoms with Crippen LogP contribution in [-0.4, -0.2) is 63.3 Å². The zero-order chi connectivity index (χ0) is 20.6. The van der Waals surface area contributed by atoms with Crippen LogP contribution in [0.1, 0.15) is 24.1 Å². The fraction of sp³-hybridized carbons (Fsp3) is 0.400. The Morgan fingerprint density at radius 1 is 1.00 bits per heavy atom. The SMILES string of the molecule is OCC[C@H]1CN(Cc2cccn2-c2cccnc2)CCN1CCCc1ccccc1. The molecule has 1 N–H and O–H groups in total. The van der Waals surface area contributed by atoms with Crippen LogP contribution < -0.4 is 0 Å². The maximum atomic E-state index is 9.62. The molecular weight excluding hydrogens is 372 g/mol. The molecule has 3 aromatic rings. The lowest BCUT2D eigenvalue weighted by Gasteiger charge is -2.41. The number of aliphatic hydroxyl groups excluding tert-OH is 1. The van der Waals surface area contributed by atoms with E-state index in [2.05, 4.69) is 74.1 Å². The van der Waals surface area contributed by atoms with E-state index in [-0.39, 0.29) is 6.61 Å². The van der Waals surface area contributed by atoms with Gasteiger partial charge in [0.2, 0.25) is 0 Å². The highest BCUT2D eigenvalue weighted by molar-refractivity contribution is 5.32. The van der Waals surface area contributed by atoms with E-state index in [1.54, 1.807) is 0 Å². The summed E-state index contributed by atoms with van der Waals surface area (Å²) >= 11 is 0. The van der Waals surface area contributed by atoms with Gasteiger partial charge in [0.15, 0.2) is 0 Å². The van der Waals surface area contributed by atoms with Crippen molar-refractivity contribution in [3.05, 3.63) is 84.4 Å². The molecule has 30 heavy (non-hydrogen) atoms. The number of piperazine rings is 1. The Bertz CT molecular complexity index is 880. The highest BCUT2D eigenvalue weighted by Crippen LogP contribution is 2.19. The molecule has 1 aromatic carbocycles. The molecule has 0 spiro atoms. The van der Waals surface area contributed by atoms with Crippen molar-refractivity contribution >= 4 is 0 Å². The summed E-state index contributed by atoms with van der Waals surface area (Å²) in [5.74, 6) is 0. The van der Waals surface area contributed by atoms with Crippen LogP contribution in [-0.2, 0) is 13.0 Å². The van der Waals surface area contributed by atoms with Crippen molar-refractivity contribution in [1.29, 1.82) is 0 Å². The fourth-order valence-corrected chi connectivity index (χ4v) is 4.47. The lowest BCUT2D eigenvalue weighted by atomic mass is 10.1. The fourth-order valence-electron chi connectivity index (χ4n) is 4.47. The second kappa shape index (κ2) is 10.5. The molecular formula is C25H32N4O. The van der Waals surface area contributed by atoms with Crippen LogP contribution in [0.3, 0.4) is 0 Å². The number of rotatable bonds is 9. The molecule has 0 saturated carbocycles. The molecule has 0 radical (unpaired) electrons. The van der Waals surface area contributed by atoms with E-state index in [1.807, 2.05) is 18.5 Å². The molecule has 0 amide bonds. The molecule has 5 heteroatoms. The van der Waals surface area contributed by atoms with Crippen molar-refractivity contribution in [2.75, 3.05) is 32.8 Å². The lowest BCUT2D eigenvalue weighted by Crippen LogP contribution is -2.53. The third-order valence-electron chi connectivity index (χ3n) is 6.05. The summed E-state index contributed by atoms with van der Waals surface area (Å²) in [6, 6.07) is 19.5. The maximum Gasteiger partial charge on any atom is 0.0636 e. The van der Waals surface area contributed by atoms with Crippen molar-refractivity contribution in [3.8, 4) is 5.69 Å². The van der Waals surface area contributed by atoms with Crippen LogP contribution in [0.2, 0.25) is 0 Å². The second-order valence-corrected chi connectivity index (χ2v) is 8.11. The van der Waals surface area contributed by atoms with Crippen LogP contribution in [0, 0.1) is 0 Å². The Kier molecular flexibility index (Phi) is 7.29. The largest absolute Gasteiger partial charge is 0.396 e. The van der Waals surface area contributed by atoms with Gasteiger partial charge in [-0.1, -0.05) is 30.3 Å². The molecule has 158 valence electrons. The maximum absolute atomic E-state index is 9.62. The zero-order valence-corrected chi connectivity index (χ0v) is 17.6. The monoisotopic (exact) mass is 404 g/mol. The smallest absolute Gasteiger partial charge is 0.0636 e. The van der Waals surface area contributed by atoms with Gasteiger partial charge in [0.1, 0.15) is 0 Å². The molecule has 4 rings (SSSR count). The van der Waals surface area contributed by atoms with E-state index in [0.717, 1.165) is 57.7 Å². The van der Waals surface area contributed by atoms with E-state index < -0.39 is 0 Å². The minimum atomic E-state index is 0.250. The minimum Gasteiger partial charge on any atom is -0.396 e. The molecule has 1 aliphatic rings. The van der Waals surface area contributed by atoms with E-state index in [4.69, 9.17) is 0 Å². The van der Waals surface area contributed by atoms with Crippen LogP contribution in [0.4, 0.5) is 0 Å². The van der Waals surface area contributed by atoms with Crippen molar-refractivity contribution in [1.82, 2.24) is 19.4 Å². The van der Waals surface area contributed by atoms with E-state index in [1.165, 1.54) is 11.3 Å². The summed E-state index contributed by atoms with van der Waals surface area (Å²) in [6.45, 7) is 5.39. The Balaban J connectivity index is 1.34. The number of hydrogen-bond acceptors (Lipinski definition) is 4. The first kappa shape index (κ1) is 20.8. The average Bonchev–Trinajstić information content (AvgIpc) is 3.25. The van der Waals surface area contributed by atoms with Gasteiger partial charge in [-0.15, -0.1) is 0 Å². The number of aryl methyl sites for hydroxylation is 1. The van der Waals surface area contributed by atoms with Crippen LogP contribution in [0.25, 0.3) is 5.69 Å². The Morgan fingerprint density at radius 3 is 2.70 bits per heavy atom. The Hall–Kier alpha value is -2.47. The van der Waals surface area contributed by atoms with Gasteiger partial charge < -0.3 is 9.67 Å². The lowest BCUT2D eigenvalue weighted by molar-refractivity contribution is 0.0538. The molecule has 0 aliphatic carbocycles. The van der Waals surface area contributed by atoms with Gasteiger partial charge in [-0.3, -0.25) is 14.8 Å². The van der Waals surface area contributed by atoms with Crippen LogP contribution in [0.5, 0.6) is 0 Å². The van der Waals surface area contributed by atoms with E-state index >= 15 is 0 Å². The summed E-state index contributed by atoms with van der Waals surface area (Å²) in [5.41, 5.74) is 3.79. The number of nitrogens with zero attached hydrogens (tertiary/aromatic N) is 4. The predicted molar refractivity (Wildman–Crippen MR) is 121 cm³/mol. The van der Waals surface area contributed by atoms with Crippen LogP contribution >= 0.6 is 0 Å². The molecule has 1 atom stereocenters. The normalized spacial score (nSPS) is 18.0. The third-order valence-corrected chi connectivity index (χ3v) is 6.05. The quantitative estimate of drug-likeness (QED) is 0.594. The molecule has 3 heterocycles. The standard InChI is InChI=1S/C25H32N4O/c30-18-12-24-20-27(16-17-28(24)14-5-9-22-7-2-1-3-8-22)21-25-11-6-15-29(25)23-10-4-13-26-19-23/h1-4,6-8,10-11,13,15,19,24,30H,5,9,12,14,16-18,20-21H2/t24-/m0/s1. The van der Waals surface area contributed by atoms with Gasteiger partial charge in [-0.05, 0) is 55.6 Å². The predicted octanol–water partition coefficient (Wildman–Crippen LogP) is 3.37. The second-order valence-electron chi connectivity index (χ2n) is 8.11. The van der Waals surface area contributed by atoms with Gasteiger partial charge in [0, 0.05) is 56.9 Å². The van der Waals surface area contributed by atoms with Crippen LogP contribution in [0.15, 0.2) is 73.2 Å². The van der Waals surface area contributed by atoms with E-state index in [9.17, 15) is 5.11 Å². The number of hydrogen-bond donors (Lipinski definition) is 1. The molecule has 2 aromatic heterocycles. The average molecular weight is 405 g/mol. The summed E-state index contributed by atoms with van der Waals surface area (Å²) in [4.78, 5) is 9.36. The Morgan fingerprint density at radius 2 is 1.90 bits per heavy atom. The minimum absolute atomic E-state index is 0.250. The molecule has 1 aliphatic heterocycles. The van der Waals surface area contributed by atoms with Crippen molar-refractivity contribution in [2.24, 2.45) is 0 Å². The number of aromatic nitrogens is 2. The zero-order valence-electron chi connectivity index (χ0n) is 17.6. The number of benzene rings is 1. The number of aliphatic hydroxyl groups is 1. The molecule has 5 nitrogen and oxygen atoms in total. The molecule has 0 bridgehead atoms. The van der Waals surface area contributed by atoms with Gasteiger partial charge in [0.05, 0.1) is 11.9 Å². The first-order valence-corrected chi connectivity index (χ1v) is 11.0. The number of pyridine rings is 1. The topological polar surface area (TPSA) is 44.5 Å². The molecule has 1 saturated heterocycles. The summed E-state index contributed by atoms with van der Waals surface area (Å²) in [6.07, 6.45) is 8.94. The first-order valence-electron chi connectivity index (χ1n) is 11.0. The Labute approximate surface area is 179 Å². The van der Waals surface area contributed by atoms with Crippen molar-refractivity contribution in [3.63, 3.8) is 0 Å². The van der Waals surface area contributed by atoms with Gasteiger partial charge in [0.25, 0.3) is 0 Å². The third kappa shape index (κ3) is 5.36. The van der Waals surface area contributed by atoms with Gasteiger partial charge in [-0.25, -0.2) is 0 Å². The van der Waals surface area contributed by atoms with Crippen molar-refractivity contribution in [2.45, 2.75) is 31.8 Å². The summed E-state index contributed by atoms with van der Waals surface area (Å²) in [7, 11) is 0.